The van der Waals surface area contributed by atoms with Crippen LogP contribution in [0.25, 0.3) is 0 Å². The molecule has 0 spiro atoms. The summed E-state index contributed by atoms with van der Waals surface area (Å²) < 4.78 is 0. The average molecular weight is 433 g/mol. The fraction of sp³-hybridized carbons (Fsp3) is 0.818. The summed E-state index contributed by atoms with van der Waals surface area (Å²) in [6.45, 7) is 8.00. The molecule has 0 fully saturated rings. The minimum atomic E-state index is 0. The van der Waals surface area contributed by atoms with E-state index in [9.17, 15) is 0 Å². The zero-order valence-corrected chi connectivity index (χ0v) is 15.4. The Balaban J connectivity index is -0.00000000182. The Labute approximate surface area is 173 Å². The third kappa shape index (κ3) is 286. The van der Waals surface area contributed by atoms with Crippen LogP contribution in [0.2, 0.25) is 0 Å². The van der Waals surface area contributed by atoms with Crippen LogP contribution in [0, 0.1) is 12.8 Å². The van der Waals surface area contributed by atoms with E-state index in [1.54, 1.807) is 0 Å². The van der Waals surface area contributed by atoms with Gasteiger partial charge in [-0.15, -0.1) is 0 Å². The van der Waals surface area contributed by atoms with Gasteiger partial charge < -0.3 is 12.8 Å². The van der Waals surface area contributed by atoms with Crippen molar-refractivity contribution in [3.8, 4) is 0 Å². The van der Waals surface area contributed by atoms with Gasteiger partial charge in [-0.3, -0.25) is 0 Å². The van der Waals surface area contributed by atoms with Crippen LogP contribution in [-0.2, 0) is 98.1 Å². The molecule has 0 bridgehead atoms. The molecule has 89 valence electrons. The van der Waals surface area contributed by atoms with E-state index in [1.807, 2.05) is 40.5 Å². The standard InChI is InChI=1S/2C3H7.5CH4.3Y/c2*1-3-2;;;;;;;;/h2*3H,1-2H3;5*1H4;;;/q2*-1;;;;;;;;. The van der Waals surface area contributed by atoms with Crippen molar-refractivity contribution in [1.29, 1.82) is 0 Å². The van der Waals surface area contributed by atoms with Gasteiger partial charge in [-0.2, -0.15) is 27.7 Å². The third-order valence-electron chi connectivity index (χ3n) is 0. The van der Waals surface area contributed by atoms with E-state index in [1.165, 1.54) is 0 Å². The van der Waals surface area contributed by atoms with Crippen LogP contribution in [0.3, 0.4) is 0 Å². The minimum absolute atomic E-state index is 0. The predicted molar refractivity (Wildman–Crippen MR) is 65.0 cm³/mol. The maximum atomic E-state index is 2.00. The van der Waals surface area contributed by atoms with E-state index in [2.05, 4.69) is 0 Å². The molecule has 0 heterocycles. The summed E-state index contributed by atoms with van der Waals surface area (Å²) in [5.41, 5.74) is 0. The van der Waals surface area contributed by atoms with Gasteiger partial charge in [0.1, 0.15) is 0 Å². The van der Waals surface area contributed by atoms with Crippen molar-refractivity contribution in [3.05, 3.63) is 12.8 Å². The van der Waals surface area contributed by atoms with Gasteiger partial charge in [0, 0.05) is 98.1 Å². The van der Waals surface area contributed by atoms with E-state index in [0.717, 1.165) is 0 Å². The van der Waals surface area contributed by atoms with Gasteiger partial charge >= 0.3 is 0 Å². The maximum Gasteiger partial charge on any atom is 0 e. The molecule has 0 aromatic heterocycles. The summed E-state index contributed by atoms with van der Waals surface area (Å²) in [4.78, 5) is 0. The molecule has 0 aliphatic carbocycles. The molecular weight excluding hydrogens is 399 g/mol. The quantitative estimate of drug-likeness (QED) is 0.435. The Kier molecular flexibility index (Phi) is 834. The largest absolute Gasteiger partial charge is 0.335 e. The second-order valence-electron chi connectivity index (χ2n) is 1.15. The Morgan fingerprint density at radius 1 is 0.429 bits per heavy atom. The van der Waals surface area contributed by atoms with Gasteiger partial charge in [0.15, 0.2) is 0 Å². The Hall–Kier alpha value is 3.31. The first kappa shape index (κ1) is 86.2. The molecular formula is C11H34Y3-2. The van der Waals surface area contributed by atoms with E-state index < -0.39 is 0 Å². The van der Waals surface area contributed by atoms with E-state index >= 15 is 0 Å². The van der Waals surface area contributed by atoms with E-state index in [0.29, 0.717) is 0 Å². The molecule has 0 aliphatic heterocycles. The summed E-state index contributed by atoms with van der Waals surface area (Å²) in [5.74, 6) is 0. The summed E-state index contributed by atoms with van der Waals surface area (Å²) >= 11 is 0. The molecule has 0 aliphatic rings. The predicted octanol–water partition coefficient (Wildman–Crippen LogP) is 5.63. The Morgan fingerprint density at radius 3 is 0.429 bits per heavy atom. The van der Waals surface area contributed by atoms with Gasteiger partial charge in [-0.25, -0.2) is 0 Å². The Bertz CT molecular complexity index is 12.5. The first-order chi connectivity index (χ1) is 2.83. The molecule has 0 rings (SSSR count). The second kappa shape index (κ2) is 136. The first-order valence-corrected chi connectivity index (χ1v) is 2.31. The van der Waals surface area contributed by atoms with E-state index in [4.69, 9.17) is 0 Å². The van der Waals surface area contributed by atoms with Crippen LogP contribution in [-0.4, -0.2) is 0 Å². The number of rotatable bonds is 0. The van der Waals surface area contributed by atoms with Crippen molar-refractivity contribution in [2.75, 3.05) is 0 Å². The summed E-state index contributed by atoms with van der Waals surface area (Å²) in [7, 11) is 0. The summed E-state index contributed by atoms with van der Waals surface area (Å²) in [6, 6.07) is 0. The molecule has 0 aromatic carbocycles. The molecule has 0 amide bonds. The monoisotopic (exact) mass is 433 g/mol. The number of hydrogen-bond acceptors (Lipinski definition) is 0. The fourth-order valence-corrected chi connectivity index (χ4v) is 0. The fourth-order valence-electron chi connectivity index (χ4n) is 0. The molecule has 14 heavy (non-hydrogen) atoms. The van der Waals surface area contributed by atoms with Crippen LogP contribution in [0.15, 0.2) is 0 Å². The van der Waals surface area contributed by atoms with E-state index in [-0.39, 0.29) is 135 Å². The minimum Gasteiger partial charge on any atom is -0.335 e. The summed E-state index contributed by atoms with van der Waals surface area (Å²) in [6.07, 6.45) is 4.00. The molecule has 3 radical (unpaired) electrons. The van der Waals surface area contributed by atoms with Crippen molar-refractivity contribution < 1.29 is 98.1 Å². The van der Waals surface area contributed by atoms with Gasteiger partial charge in [0.2, 0.25) is 0 Å². The molecule has 0 aromatic rings. The first-order valence-electron chi connectivity index (χ1n) is 2.31. The zero-order valence-electron chi connectivity index (χ0n) is 6.89. The maximum absolute atomic E-state index is 2.00. The van der Waals surface area contributed by atoms with Gasteiger partial charge in [0.05, 0.1) is 0 Å². The second-order valence-corrected chi connectivity index (χ2v) is 1.15. The SMILES string of the molecule is C.C.C.C.C.C[CH-]C.C[CH-]C.[Y].[Y].[Y]. The van der Waals surface area contributed by atoms with Crippen molar-refractivity contribution in [2.24, 2.45) is 0 Å². The van der Waals surface area contributed by atoms with Crippen molar-refractivity contribution >= 4 is 0 Å². The van der Waals surface area contributed by atoms with Gasteiger partial charge in [-0.05, 0) is 0 Å². The van der Waals surface area contributed by atoms with Crippen LogP contribution in [0.1, 0.15) is 64.8 Å². The zero-order chi connectivity index (χ0) is 5.41. The number of hydrogen-bond donors (Lipinski definition) is 0. The molecule has 3 heteroatoms. The smallest absolute Gasteiger partial charge is 0 e. The normalized spacial score (nSPS) is 2.57. The summed E-state index contributed by atoms with van der Waals surface area (Å²) in [5, 5.41) is 0. The third-order valence-corrected chi connectivity index (χ3v) is 0. The molecule has 0 unspecified atom stereocenters. The van der Waals surface area contributed by atoms with Gasteiger partial charge in [0.25, 0.3) is 0 Å². The van der Waals surface area contributed by atoms with Crippen LogP contribution in [0.5, 0.6) is 0 Å². The average Bonchev–Trinajstić information content (AvgIpc) is 1.39. The van der Waals surface area contributed by atoms with Gasteiger partial charge in [-0.1, -0.05) is 37.1 Å². The topological polar surface area (TPSA) is 0 Å². The molecule has 0 saturated heterocycles. The molecule has 0 atom stereocenters. The van der Waals surface area contributed by atoms with Crippen LogP contribution >= 0.6 is 0 Å². The van der Waals surface area contributed by atoms with Crippen LogP contribution in [0.4, 0.5) is 0 Å². The molecule has 0 N–H and O–H groups in total. The molecule has 0 nitrogen and oxygen atoms in total. The van der Waals surface area contributed by atoms with Crippen molar-refractivity contribution in [3.63, 3.8) is 0 Å². The molecule has 0 saturated carbocycles. The van der Waals surface area contributed by atoms with Crippen LogP contribution < -0.4 is 0 Å². The Morgan fingerprint density at radius 2 is 0.429 bits per heavy atom. The van der Waals surface area contributed by atoms with Crippen molar-refractivity contribution in [1.82, 2.24) is 0 Å². The van der Waals surface area contributed by atoms with Crippen molar-refractivity contribution in [2.45, 2.75) is 64.8 Å².